The topological polar surface area (TPSA) is 49.3 Å². The Bertz CT molecular complexity index is 542. The molecule has 0 aliphatic heterocycles. The van der Waals surface area contributed by atoms with Crippen LogP contribution in [0.1, 0.15) is 28.4 Å². The van der Waals surface area contributed by atoms with Gasteiger partial charge in [0.1, 0.15) is 0 Å². The van der Waals surface area contributed by atoms with Crippen molar-refractivity contribution in [1.29, 1.82) is 0 Å². The molecule has 2 N–H and O–H groups in total. The van der Waals surface area contributed by atoms with Crippen LogP contribution in [-0.4, -0.2) is 17.6 Å². The molecule has 1 aromatic carbocycles. The summed E-state index contributed by atoms with van der Waals surface area (Å²) in [6.07, 6.45) is -0.0471. The van der Waals surface area contributed by atoms with Crippen molar-refractivity contribution in [2.45, 2.75) is 12.5 Å². The number of rotatable bonds is 5. The van der Waals surface area contributed by atoms with Crippen molar-refractivity contribution >= 4 is 28.8 Å². The van der Waals surface area contributed by atoms with Gasteiger partial charge in [-0.15, -0.1) is 0 Å². The van der Waals surface area contributed by atoms with Crippen molar-refractivity contribution in [3.8, 4) is 0 Å². The fourth-order valence-corrected chi connectivity index (χ4v) is 2.58. The summed E-state index contributed by atoms with van der Waals surface area (Å²) in [4.78, 5) is 11.8. The third kappa shape index (κ3) is 4.06. The number of thiophene rings is 1. The molecule has 1 amide bonds. The van der Waals surface area contributed by atoms with Crippen LogP contribution in [0.3, 0.4) is 0 Å². The lowest BCUT2D eigenvalue weighted by Gasteiger charge is -2.10. The minimum atomic E-state index is -0.536. The Kier molecular flexibility index (Phi) is 4.96. The highest BCUT2D eigenvalue weighted by Gasteiger charge is 2.09. The van der Waals surface area contributed by atoms with Gasteiger partial charge in [-0.25, -0.2) is 0 Å². The quantitative estimate of drug-likeness (QED) is 0.889. The molecule has 0 saturated carbocycles. The fourth-order valence-electron chi connectivity index (χ4n) is 1.69. The molecule has 0 spiro atoms. The average Bonchev–Trinajstić information content (AvgIpc) is 2.92. The van der Waals surface area contributed by atoms with Gasteiger partial charge in [0.25, 0.3) is 5.91 Å². The van der Waals surface area contributed by atoms with Crippen molar-refractivity contribution < 1.29 is 9.90 Å². The van der Waals surface area contributed by atoms with Crippen LogP contribution < -0.4 is 5.32 Å². The summed E-state index contributed by atoms with van der Waals surface area (Å²) in [5.41, 5.74) is 1.42. The number of hydrogen-bond donors (Lipinski definition) is 2. The zero-order valence-corrected chi connectivity index (χ0v) is 11.7. The van der Waals surface area contributed by atoms with E-state index in [0.717, 1.165) is 5.56 Å². The molecular weight excluding hydrogens is 282 g/mol. The number of halogens is 1. The van der Waals surface area contributed by atoms with Gasteiger partial charge < -0.3 is 10.4 Å². The largest absolute Gasteiger partial charge is 0.388 e. The molecule has 1 unspecified atom stereocenters. The molecule has 1 atom stereocenters. The van der Waals surface area contributed by atoms with Gasteiger partial charge >= 0.3 is 0 Å². The Morgan fingerprint density at radius 3 is 2.95 bits per heavy atom. The number of nitrogens with one attached hydrogen (secondary N) is 1. The van der Waals surface area contributed by atoms with Crippen molar-refractivity contribution in [1.82, 2.24) is 5.32 Å². The highest BCUT2D eigenvalue weighted by molar-refractivity contribution is 7.07. The molecule has 0 bridgehead atoms. The van der Waals surface area contributed by atoms with E-state index in [9.17, 15) is 9.90 Å². The molecule has 1 aromatic heterocycles. The van der Waals surface area contributed by atoms with Gasteiger partial charge in [-0.05, 0) is 47.0 Å². The Labute approximate surface area is 120 Å². The van der Waals surface area contributed by atoms with Gasteiger partial charge in [0.2, 0.25) is 0 Å². The molecule has 0 radical (unpaired) electrons. The van der Waals surface area contributed by atoms with E-state index < -0.39 is 6.10 Å². The predicted molar refractivity (Wildman–Crippen MR) is 77.7 cm³/mol. The van der Waals surface area contributed by atoms with Crippen LogP contribution in [0.25, 0.3) is 0 Å². The number of aliphatic hydroxyl groups is 1. The van der Waals surface area contributed by atoms with Crippen LogP contribution in [0.5, 0.6) is 0 Å². The third-order valence-electron chi connectivity index (χ3n) is 2.72. The highest BCUT2D eigenvalue weighted by Crippen LogP contribution is 2.18. The Balaban J connectivity index is 1.81. The maximum atomic E-state index is 11.8. The monoisotopic (exact) mass is 295 g/mol. The van der Waals surface area contributed by atoms with Crippen molar-refractivity contribution in [3.05, 3.63) is 57.2 Å². The van der Waals surface area contributed by atoms with E-state index in [1.165, 1.54) is 0 Å². The van der Waals surface area contributed by atoms with E-state index in [2.05, 4.69) is 5.32 Å². The number of carbonyl (C=O) groups is 1. The maximum absolute atomic E-state index is 11.8. The molecule has 5 heteroatoms. The molecule has 1 heterocycles. The van der Waals surface area contributed by atoms with E-state index >= 15 is 0 Å². The van der Waals surface area contributed by atoms with Gasteiger partial charge in [-0.3, -0.25) is 4.79 Å². The summed E-state index contributed by atoms with van der Waals surface area (Å²) in [5.74, 6) is -0.181. The second-order valence-corrected chi connectivity index (χ2v) is 5.34. The second kappa shape index (κ2) is 6.70. The summed E-state index contributed by atoms with van der Waals surface area (Å²) in [6, 6.07) is 8.66. The smallest absolute Gasteiger partial charge is 0.251 e. The number of aliphatic hydroxyl groups excluding tert-OH is 1. The van der Waals surface area contributed by atoms with Crippen LogP contribution in [-0.2, 0) is 0 Å². The minimum absolute atomic E-state index is 0.181. The van der Waals surface area contributed by atoms with Crippen molar-refractivity contribution in [3.63, 3.8) is 0 Å². The maximum Gasteiger partial charge on any atom is 0.251 e. The van der Waals surface area contributed by atoms with E-state index in [4.69, 9.17) is 11.6 Å². The first kappa shape index (κ1) is 14.1. The minimum Gasteiger partial charge on any atom is -0.388 e. The number of hydrogen-bond acceptors (Lipinski definition) is 3. The van der Waals surface area contributed by atoms with Crippen molar-refractivity contribution in [2.24, 2.45) is 0 Å². The zero-order valence-electron chi connectivity index (χ0n) is 10.2. The van der Waals surface area contributed by atoms with Crippen LogP contribution in [0, 0.1) is 0 Å². The fraction of sp³-hybridized carbons (Fsp3) is 0.214. The summed E-state index contributed by atoms with van der Waals surface area (Å²) in [7, 11) is 0. The van der Waals surface area contributed by atoms with Crippen molar-refractivity contribution in [2.75, 3.05) is 6.54 Å². The summed E-state index contributed by atoms with van der Waals surface area (Å²) >= 11 is 7.37. The van der Waals surface area contributed by atoms with E-state index in [-0.39, 0.29) is 5.91 Å². The van der Waals surface area contributed by atoms with Gasteiger partial charge in [0.15, 0.2) is 0 Å². The van der Waals surface area contributed by atoms with Crippen LogP contribution in [0.4, 0.5) is 0 Å². The summed E-state index contributed by atoms with van der Waals surface area (Å²) < 4.78 is 0. The lowest BCUT2D eigenvalue weighted by atomic mass is 10.1. The molecule has 0 fully saturated rings. The lowest BCUT2D eigenvalue weighted by Crippen LogP contribution is -2.25. The predicted octanol–water partition coefficient (Wildman–Crippen LogP) is 3.26. The normalized spacial score (nSPS) is 12.1. The number of amides is 1. The Hall–Kier alpha value is -1.36. The molecule has 3 nitrogen and oxygen atoms in total. The molecule has 0 aliphatic rings. The first-order valence-electron chi connectivity index (χ1n) is 5.91. The van der Waals surface area contributed by atoms with E-state index in [1.54, 1.807) is 35.6 Å². The summed E-state index contributed by atoms with van der Waals surface area (Å²) in [6.45, 7) is 0.419. The molecule has 0 saturated heterocycles. The van der Waals surface area contributed by atoms with Crippen LogP contribution >= 0.6 is 22.9 Å². The zero-order chi connectivity index (χ0) is 13.7. The lowest BCUT2D eigenvalue weighted by molar-refractivity contribution is 0.0942. The Morgan fingerprint density at radius 2 is 2.26 bits per heavy atom. The molecule has 100 valence electrons. The second-order valence-electron chi connectivity index (χ2n) is 4.13. The van der Waals surface area contributed by atoms with E-state index in [0.29, 0.717) is 23.6 Å². The SMILES string of the molecule is O=C(NCCC(O)c1ccsc1)c1cccc(Cl)c1. The van der Waals surface area contributed by atoms with E-state index in [1.807, 2.05) is 16.8 Å². The standard InChI is InChI=1S/C14H14ClNO2S/c15-12-3-1-2-10(8-12)14(18)16-6-4-13(17)11-5-7-19-9-11/h1-3,5,7-9,13,17H,4,6H2,(H,16,18). The molecule has 0 aliphatic carbocycles. The number of benzene rings is 1. The number of carbonyl (C=O) groups excluding carboxylic acids is 1. The highest BCUT2D eigenvalue weighted by atomic mass is 35.5. The van der Waals surface area contributed by atoms with Crippen LogP contribution in [0.15, 0.2) is 41.1 Å². The van der Waals surface area contributed by atoms with Gasteiger partial charge in [-0.1, -0.05) is 17.7 Å². The van der Waals surface area contributed by atoms with Crippen LogP contribution in [0.2, 0.25) is 5.02 Å². The molecule has 2 aromatic rings. The first-order valence-corrected chi connectivity index (χ1v) is 7.23. The first-order chi connectivity index (χ1) is 9.16. The average molecular weight is 296 g/mol. The third-order valence-corrected chi connectivity index (χ3v) is 3.65. The molecule has 2 rings (SSSR count). The van der Waals surface area contributed by atoms with Gasteiger partial charge in [0, 0.05) is 17.1 Å². The molecule has 19 heavy (non-hydrogen) atoms. The van der Waals surface area contributed by atoms with Gasteiger partial charge in [-0.2, -0.15) is 11.3 Å². The Morgan fingerprint density at radius 1 is 1.42 bits per heavy atom. The molecular formula is C14H14ClNO2S. The summed E-state index contributed by atoms with van der Waals surface area (Å²) in [5, 5.41) is 17.0. The van der Waals surface area contributed by atoms with Gasteiger partial charge in [0.05, 0.1) is 6.10 Å².